The average molecular weight is 212 g/mol. The molecule has 1 aliphatic carbocycles. The van der Waals surface area contributed by atoms with Gasteiger partial charge in [0.15, 0.2) is 6.29 Å². The largest absolute Gasteiger partial charge is 0.388 e. The van der Waals surface area contributed by atoms with E-state index in [1.54, 1.807) is 7.11 Å². The second-order valence-corrected chi connectivity index (χ2v) is 4.75. The molecule has 15 heavy (non-hydrogen) atoms. The smallest absolute Gasteiger partial charge is 0.183 e. The van der Waals surface area contributed by atoms with Crippen LogP contribution < -0.4 is 0 Å². The molecule has 0 saturated carbocycles. The third-order valence-electron chi connectivity index (χ3n) is 3.75. The van der Waals surface area contributed by atoms with Crippen LogP contribution in [0.4, 0.5) is 0 Å². The van der Waals surface area contributed by atoms with Crippen molar-refractivity contribution >= 4 is 0 Å². The molecule has 0 aromatic rings. The topological polar surface area (TPSA) is 38.7 Å². The van der Waals surface area contributed by atoms with E-state index in [0.29, 0.717) is 11.8 Å². The molecule has 1 aliphatic heterocycles. The summed E-state index contributed by atoms with van der Waals surface area (Å²) in [5.74, 6) is 0.735. The Morgan fingerprint density at radius 2 is 2.20 bits per heavy atom. The van der Waals surface area contributed by atoms with Crippen LogP contribution in [0.3, 0.4) is 0 Å². The van der Waals surface area contributed by atoms with Crippen LogP contribution in [0.1, 0.15) is 26.7 Å². The van der Waals surface area contributed by atoms with E-state index in [1.165, 1.54) is 5.57 Å². The minimum Gasteiger partial charge on any atom is -0.388 e. The number of ether oxygens (including phenoxy) is 2. The fourth-order valence-corrected chi connectivity index (χ4v) is 2.82. The zero-order valence-electron chi connectivity index (χ0n) is 9.64. The number of aliphatic hydroxyl groups is 1. The molecule has 3 heteroatoms. The average Bonchev–Trinajstić information content (AvgIpc) is 2.23. The summed E-state index contributed by atoms with van der Waals surface area (Å²) in [5, 5.41) is 10.1. The van der Waals surface area contributed by atoms with Crippen molar-refractivity contribution in [3.8, 4) is 0 Å². The fraction of sp³-hybridized carbons (Fsp3) is 0.833. The van der Waals surface area contributed by atoms with Crippen LogP contribution in [-0.4, -0.2) is 30.7 Å². The Kier molecular flexibility index (Phi) is 3.14. The lowest BCUT2D eigenvalue weighted by Gasteiger charge is -2.45. The van der Waals surface area contributed by atoms with Gasteiger partial charge >= 0.3 is 0 Å². The molecule has 0 aromatic carbocycles. The molecule has 2 rings (SSSR count). The lowest BCUT2D eigenvalue weighted by atomic mass is 9.72. The van der Waals surface area contributed by atoms with Crippen molar-refractivity contribution in [2.45, 2.75) is 45.2 Å². The van der Waals surface area contributed by atoms with Gasteiger partial charge in [-0.25, -0.2) is 0 Å². The van der Waals surface area contributed by atoms with Gasteiger partial charge in [0.25, 0.3) is 0 Å². The number of methoxy groups -OCH3 is 1. The predicted molar refractivity (Wildman–Crippen MR) is 57.3 cm³/mol. The first-order chi connectivity index (χ1) is 7.13. The second-order valence-electron chi connectivity index (χ2n) is 4.75. The molecular formula is C12H20O3. The highest BCUT2D eigenvalue weighted by Crippen LogP contribution is 2.40. The van der Waals surface area contributed by atoms with Gasteiger partial charge in [0.05, 0.1) is 6.10 Å². The number of aliphatic hydroxyl groups excluding tert-OH is 1. The van der Waals surface area contributed by atoms with Crippen molar-refractivity contribution in [1.82, 2.24) is 0 Å². The van der Waals surface area contributed by atoms with Crippen molar-refractivity contribution < 1.29 is 14.6 Å². The maximum absolute atomic E-state index is 10.1. The summed E-state index contributed by atoms with van der Waals surface area (Å²) in [6.07, 6.45) is 3.49. The summed E-state index contributed by atoms with van der Waals surface area (Å²) in [4.78, 5) is 0. The van der Waals surface area contributed by atoms with Gasteiger partial charge in [-0.15, -0.1) is 0 Å². The molecule has 3 nitrogen and oxygen atoms in total. The van der Waals surface area contributed by atoms with E-state index in [1.807, 2.05) is 0 Å². The van der Waals surface area contributed by atoms with Crippen LogP contribution in [0, 0.1) is 11.8 Å². The molecule has 0 spiro atoms. The van der Waals surface area contributed by atoms with E-state index in [-0.39, 0.29) is 6.10 Å². The molecule has 0 radical (unpaired) electrons. The van der Waals surface area contributed by atoms with Crippen LogP contribution in [0.2, 0.25) is 0 Å². The SMILES string of the molecule is COC1OC(C)C2CC=C(C)CC2C1O. The second kappa shape index (κ2) is 4.24. The van der Waals surface area contributed by atoms with Crippen LogP contribution >= 0.6 is 0 Å². The lowest BCUT2D eigenvalue weighted by Crippen LogP contribution is -2.51. The van der Waals surface area contributed by atoms with Crippen LogP contribution in [0.5, 0.6) is 0 Å². The summed E-state index contributed by atoms with van der Waals surface area (Å²) >= 11 is 0. The maximum Gasteiger partial charge on any atom is 0.183 e. The van der Waals surface area contributed by atoms with Gasteiger partial charge in [0.2, 0.25) is 0 Å². The monoisotopic (exact) mass is 212 g/mol. The van der Waals surface area contributed by atoms with Gasteiger partial charge < -0.3 is 14.6 Å². The van der Waals surface area contributed by atoms with Gasteiger partial charge in [-0.2, -0.15) is 0 Å². The van der Waals surface area contributed by atoms with Crippen molar-refractivity contribution in [3.05, 3.63) is 11.6 Å². The van der Waals surface area contributed by atoms with E-state index in [0.717, 1.165) is 12.8 Å². The number of fused-ring (bicyclic) bond motifs is 1. The van der Waals surface area contributed by atoms with Crippen molar-refractivity contribution in [3.63, 3.8) is 0 Å². The zero-order valence-corrected chi connectivity index (χ0v) is 9.64. The summed E-state index contributed by atoms with van der Waals surface area (Å²) in [5.41, 5.74) is 1.37. The molecular weight excluding hydrogens is 192 g/mol. The summed E-state index contributed by atoms with van der Waals surface area (Å²) in [7, 11) is 1.59. The molecule has 2 aliphatic rings. The van der Waals surface area contributed by atoms with E-state index in [4.69, 9.17) is 9.47 Å². The highest BCUT2D eigenvalue weighted by molar-refractivity contribution is 5.09. The molecule has 1 heterocycles. The van der Waals surface area contributed by atoms with Crippen LogP contribution in [0.25, 0.3) is 0 Å². The van der Waals surface area contributed by atoms with Crippen molar-refractivity contribution in [1.29, 1.82) is 0 Å². The Morgan fingerprint density at radius 3 is 2.87 bits per heavy atom. The highest BCUT2D eigenvalue weighted by atomic mass is 16.7. The van der Waals surface area contributed by atoms with Crippen LogP contribution in [-0.2, 0) is 9.47 Å². The quantitative estimate of drug-likeness (QED) is 0.672. The Bertz CT molecular complexity index is 262. The lowest BCUT2D eigenvalue weighted by molar-refractivity contribution is -0.261. The summed E-state index contributed by atoms with van der Waals surface area (Å²) in [6, 6.07) is 0. The normalized spacial score (nSPS) is 45.9. The van der Waals surface area contributed by atoms with Crippen molar-refractivity contribution in [2.24, 2.45) is 11.8 Å². The first-order valence-corrected chi connectivity index (χ1v) is 5.65. The highest BCUT2D eigenvalue weighted by Gasteiger charge is 2.43. The fourth-order valence-electron chi connectivity index (χ4n) is 2.82. The number of hydrogen-bond donors (Lipinski definition) is 1. The first kappa shape index (κ1) is 11.1. The minimum absolute atomic E-state index is 0.174. The van der Waals surface area contributed by atoms with E-state index >= 15 is 0 Å². The molecule has 0 aromatic heterocycles. The standard InChI is InChI=1S/C12H20O3/c1-7-4-5-9-8(2)15-12(14-3)11(13)10(9)6-7/h4,8-13H,5-6H2,1-3H3. The molecule has 1 N–H and O–H groups in total. The molecule has 86 valence electrons. The zero-order chi connectivity index (χ0) is 11.0. The Morgan fingerprint density at radius 1 is 1.47 bits per heavy atom. The van der Waals surface area contributed by atoms with Gasteiger partial charge in [0, 0.05) is 7.11 Å². The molecule has 5 unspecified atom stereocenters. The number of hydrogen-bond acceptors (Lipinski definition) is 3. The van der Waals surface area contributed by atoms with E-state index in [9.17, 15) is 5.11 Å². The Balaban J connectivity index is 2.16. The Labute approximate surface area is 91.1 Å². The van der Waals surface area contributed by atoms with Gasteiger partial charge in [-0.1, -0.05) is 11.6 Å². The van der Waals surface area contributed by atoms with Crippen LogP contribution in [0.15, 0.2) is 11.6 Å². The van der Waals surface area contributed by atoms with Crippen molar-refractivity contribution in [2.75, 3.05) is 7.11 Å². The van der Waals surface area contributed by atoms with Gasteiger partial charge in [0.1, 0.15) is 6.10 Å². The number of rotatable bonds is 1. The van der Waals surface area contributed by atoms with Gasteiger partial charge in [-0.05, 0) is 38.5 Å². The summed E-state index contributed by atoms with van der Waals surface area (Å²) < 4.78 is 10.8. The first-order valence-electron chi connectivity index (χ1n) is 5.65. The molecule has 1 saturated heterocycles. The van der Waals surface area contributed by atoms with E-state index in [2.05, 4.69) is 19.9 Å². The predicted octanol–water partition coefficient (Wildman–Crippen LogP) is 1.71. The minimum atomic E-state index is -0.486. The maximum atomic E-state index is 10.1. The molecule has 5 atom stereocenters. The summed E-state index contributed by atoms with van der Waals surface area (Å²) in [6.45, 7) is 4.20. The molecule has 0 amide bonds. The Hall–Kier alpha value is -0.380. The molecule has 1 fully saturated rings. The third kappa shape index (κ3) is 1.96. The van der Waals surface area contributed by atoms with E-state index < -0.39 is 12.4 Å². The third-order valence-corrected chi connectivity index (χ3v) is 3.75. The van der Waals surface area contributed by atoms with Gasteiger partial charge in [-0.3, -0.25) is 0 Å². The molecule has 0 bridgehead atoms. The number of allylic oxidation sites excluding steroid dienone is 2.